The van der Waals surface area contributed by atoms with Crippen LogP contribution < -0.4 is 0 Å². The van der Waals surface area contributed by atoms with Crippen LogP contribution in [-0.2, 0) is 24.5 Å². The predicted molar refractivity (Wildman–Crippen MR) is 60.9 cm³/mol. The lowest BCUT2D eigenvalue weighted by atomic mass is 10.3. The van der Waals surface area contributed by atoms with Crippen molar-refractivity contribution in [3.05, 3.63) is 12.2 Å². The zero-order chi connectivity index (χ0) is 15.2. The van der Waals surface area contributed by atoms with Gasteiger partial charge in [-0.3, -0.25) is 24.1 Å². The molecule has 1 atom stereocenters. The van der Waals surface area contributed by atoms with Crippen LogP contribution in [0.25, 0.3) is 0 Å². The summed E-state index contributed by atoms with van der Waals surface area (Å²) in [5, 5.41) is 15.7. The highest BCUT2D eigenvalue weighted by Gasteiger charge is 2.29. The molecule has 0 radical (unpaired) electrons. The van der Waals surface area contributed by atoms with Crippen molar-refractivity contribution in [2.24, 2.45) is 0 Å². The molecular weight excluding hydrogens is 282 g/mol. The third-order valence-corrected chi connectivity index (χ3v) is 3.07. The van der Waals surface area contributed by atoms with E-state index in [-0.39, 0.29) is 5.06 Å². The first-order chi connectivity index (χ1) is 8.54. The van der Waals surface area contributed by atoms with Crippen molar-refractivity contribution >= 4 is 27.8 Å². The molecule has 10 heteroatoms. The normalized spacial score (nSPS) is 13.2. The highest BCUT2D eigenvalue weighted by molar-refractivity contribution is 7.86. The Morgan fingerprint density at radius 3 is 2.16 bits per heavy atom. The molecule has 0 aromatic rings. The van der Waals surface area contributed by atoms with E-state index < -0.39 is 46.0 Å². The number of carbonyl (C=O) groups is 3. The summed E-state index contributed by atoms with van der Waals surface area (Å²) in [6.07, 6.45) is 0.537. The minimum atomic E-state index is -4.75. The smallest absolute Gasteiger partial charge is 0.304 e. The maximum Gasteiger partial charge on any atom is 0.304 e. The quantitative estimate of drug-likeness (QED) is 0.236. The Morgan fingerprint density at radius 2 is 1.79 bits per heavy atom. The number of hydrogen-bond acceptors (Lipinski definition) is 6. The fraction of sp³-hybridized carbons (Fsp3) is 0.444. The van der Waals surface area contributed by atoms with E-state index in [0.717, 1.165) is 13.0 Å². The third-order valence-electron chi connectivity index (χ3n) is 1.92. The molecule has 0 fully saturated rings. The second-order valence-electron chi connectivity index (χ2n) is 3.60. The predicted octanol–water partition coefficient (Wildman–Crippen LogP) is -0.919. The zero-order valence-corrected chi connectivity index (χ0v) is 10.7. The lowest BCUT2D eigenvalue weighted by Gasteiger charge is -2.18. The zero-order valence-electron chi connectivity index (χ0n) is 9.88. The van der Waals surface area contributed by atoms with Crippen LogP contribution in [0, 0.1) is 0 Å². The number of hydroxylamine groups is 2. The number of carboxylic acid groups (broad SMARTS) is 1. The molecule has 3 N–H and O–H groups in total. The summed E-state index contributed by atoms with van der Waals surface area (Å²) >= 11 is 0. The molecule has 0 saturated heterocycles. The molecule has 0 aromatic heterocycles. The lowest BCUT2D eigenvalue weighted by molar-refractivity contribution is -0.160. The summed E-state index contributed by atoms with van der Waals surface area (Å²) in [5.74, 6) is -3.12. The van der Waals surface area contributed by atoms with E-state index in [2.05, 4.69) is 0 Å². The van der Waals surface area contributed by atoms with Crippen molar-refractivity contribution in [1.82, 2.24) is 5.06 Å². The lowest BCUT2D eigenvalue weighted by Crippen LogP contribution is -2.39. The maximum atomic E-state index is 11.2. The van der Waals surface area contributed by atoms with Crippen molar-refractivity contribution in [2.45, 2.75) is 18.6 Å². The number of allylic oxidation sites excluding steroid dienone is 1. The van der Waals surface area contributed by atoms with Gasteiger partial charge in [0.1, 0.15) is 5.25 Å². The van der Waals surface area contributed by atoms with Gasteiger partial charge in [0, 0.05) is 6.08 Å². The number of amides is 1. The van der Waals surface area contributed by atoms with E-state index >= 15 is 0 Å². The molecular formula is C9H13NO8S. The molecule has 1 amide bonds. The van der Waals surface area contributed by atoms with E-state index in [1.54, 1.807) is 0 Å². The molecule has 0 rings (SSSR count). The Bertz CT molecular complexity index is 494. The Morgan fingerprint density at radius 1 is 1.26 bits per heavy atom. The van der Waals surface area contributed by atoms with Crippen molar-refractivity contribution in [1.29, 1.82) is 0 Å². The van der Waals surface area contributed by atoms with Gasteiger partial charge in [0.25, 0.3) is 16.0 Å². The molecule has 0 aliphatic carbocycles. The van der Waals surface area contributed by atoms with Crippen LogP contribution in [0.15, 0.2) is 12.2 Å². The summed E-state index contributed by atoms with van der Waals surface area (Å²) in [7, 11) is -4.75. The molecule has 0 aromatic carbocycles. The van der Waals surface area contributed by atoms with Gasteiger partial charge in [-0.25, -0.2) is 5.06 Å². The third kappa shape index (κ3) is 7.28. The molecule has 0 aliphatic rings. The van der Waals surface area contributed by atoms with Gasteiger partial charge in [-0.1, -0.05) is 0 Å². The summed E-state index contributed by atoms with van der Waals surface area (Å²) < 4.78 is 30.5. The van der Waals surface area contributed by atoms with Crippen LogP contribution in [0.5, 0.6) is 0 Å². The van der Waals surface area contributed by atoms with Gasteiger partial charge in [0.05, 0.1) is 13.0 Å². The van der Waals surface area contributed by atoms with Gasteiger partial charge in [-0.2, -0.15) is 8.42 Å². The number of nitrogens with zero attached hydrogens (tertiary/aromatic N) is 1. The number of rotatable bonds is 7. The number of carbonyl (C=O) groups excluding carboxylic acids is 2. The Labute approximate surface area is 108 Å². The van der Waals surface area contributed by atoms with Gasteiger partial charge in [-0.15, -0.1) is 0 Å². The fourth-order valence-electron chi connectivity index (χ4n) is 1.02. The average molecular weight is 295 g/mol. The van der Waals surface area contributed by atoms with E-state index in [9.17, 15) is 28.0 Å². The monoisotopic (exact) mass is 295 g/mol. The van der Waals surface area contributed by atoms with E-state index in [0.29, 0.717) is 6.08 Å². The summed E-state index contributed by atoms with van der Waals surface area (Å²) in [5.41, 5.74) is 0. The van der Waals surface area contributed by atoms with Crippen LogP contribution in [0.4, 0.5) is 0 Å². The fourth-order valence-corrected chi connectivity index (χ4v) is 1.70. The Kier molecular flexibility index (Phi) is 6.32. The first-order valence-electron chi connectivity index (χ1n) is 4.91. The molecule has 9 nitrogen and oxygen atoms in total. The standard InChI is InChI=1S/C9H13NO8S/c1-6(11)2-3-8(12)10(15)5-7(4-9(13)14)19(16,17)18/h2-3,7,15H,4-5H2,1H3,(H,13,14)(H,16,17,18)/b3-2+. The maximum absolute atomic E-state index is 11.2. The topological polar surface area (TPSA) is 149 Å². The molecule has 1 unspecified atom stereocenters. The highest BCUT2D eigenvalue weighted by atomic mass is 32.2. The van der Waals surface area contributed by atoms with E-state index in [1.807, 2.05) is 0 Å². The van der Waals surface area contributed by atoms with E-state index in [4.69, 9.17) is 9.66 Å². The van der Waals surface area contributed by atoms with Crippen LogP contribution >= 0.6 is 0 Å². The van der Waals surface area contributed by atoms with Crippen molar-refractivity contribution in [2.75, 3.05) is 6.54 Å². The van der Waals surface area contributed by atoms with Gasteiger partial charge in [0.15, 0.2) is 5.78 Å². The molecule has 0 bridgehead atoms. The van der Waals surface area contributed by atoms with Crippen molar-refractivity contribution < 1.29 is 37.7 Å². The van der Waals surface area contributed by atoms with E-state index in [1.165, 1.54) is 0 Å². The van der Waals surface area contributed by atoms with Gasteiger partial charge in [-0.05, 0) is 13.0 Å². The molecule has 0 aliphatic heterocycles. The number of ketones is 1. The summed E-state index contributed by atoms with van der Waals surface area (Å²) in [4.78, 5) is 32.2. The molecule has 0 heterocycles. The minimum Gasteiger partial charge on any atom is -0.481 e. The van der Waals surface area contributed by atoms with Gasteiger partial charge < -0.3 is 5.11 Å². The van der Waals surface area contributed by atoms with Crippen LogP contribution in [0.1, 0.15) is 13.3 Å². The summed E-state index contributed by atoms with van der Waals surface area (Å²) in [6.45, 7) is 0.211. The largest absolute Gasteiger partial charge is 0.481 e. The van der Waals surface area contributed by atoms with Crippen molar-refractivity contribution in [3.8, 4) is 0 Å². The highest BCUT2D eigenvalue weighted by Crippen LogP contribution is 2.07. The van der Waals surface area contributed by atoms with Crippen molar-refractivity contribution in [3.63, 3.8) is 0 Å². The first-order valence-corrected chi connectivity index (χ1v) is 6.41. The number of hydrogen-bond donors (Lipinski definition) is 3. The SMILES string of the molecule is CC(=O)/C=C/C(=O)N(O)CC(CC(=O)O)S(=O)(=O)O. The molecule has 108 valence electrons. The molecule has 19 heavy (non-hydrogen) atoms. The average Bonchev–Trinajstić information content (AvgIpc) is 2.22. The summed E-state index contributed by atoms with van der Waals surface area (Å²) in [6, 6.07) is 0. The number of aliphatic carboxylic acids is 1. The van der Waals surface area contributed by atoms with Gasteiger partial charge in [0.2, 0.25) is 0 Å². The second kappa shape index (κ2) is 6.97. The van der Waals surface area contributed by atoms with Crippen LogP contribution in [0.2, 0.25) is 0 Å². The Balaban J connectivity index is 4.81. The first kappa shape index (κ1) is 17.2. The van der Waals surface area contributed by atoms with Crippen LogP contribution in [-0.4, -0.2) is 57.8 Å². The van der Waals surface area contributed by atoms with Crippen LogP contribution in [0.3, 0.4) is 0 Å². The number of carboxylic acids is 1. The second-order valence-corrected chi connectivity index (χ2v) is 5.30. The van der Waals surface area contributed by atoms with Gasteiger partial charge >= 0.3 is 5.97 Å². The molecule has 0 saturated carbocycles. The molecule has 0 spiro atoms. The Hall–Kier alpha value is -1.78. The minimum absolute atomic E-state index is 0.0964.